The van der Waals surface area contributed by atoms with Crippen LogP contribution in [0, 0.1) is 0 Å². The minimum atomic E-state index is -0.112. The molecule has 4 aromatic heterocycles. The Labute approximate surface area is 680 Å². The first-order valence-electron chi connectivity index (χ1n) is 39.6. The molecule has 0 unspecified atom stereocenters. The van der Waals surface area contributed by atoms with Gasteiger partial charge in [0.1, 0.15) is 44.7 Å². The van der Waals surface area contributed by atoms with Crippen LogP contribution in [-0.2, 0) is 16.2 Å². The summed E-state index contributed by atoms with van der Waals surface area (Å²) >= 11 is 12.2. The topological polar surface area (TPSA) is 71.1 Å². The molecule has 116 heavy (non-hydrogen) atoms. The van der Waals surface area contributed by atoms with Gasteiger partial charge in [-0.2, -0.15) is 0 Å². The van der Waals surface area contributed by atoms with Gasteiger partial charge in [0.15, 0.2) is 0 Å². The number of benzene rings is 17. The zero-order chi connectivity index (χ0) is 78.0. The highest BCUT2D eigenvalue weighted by Gasteiger charge is 2.39. The minimum absolute atomic E-state index is 0.0559. The molecule has 0 atom stereocenters. The Morgan fingerprint density at radius 2 is 0.500 bits per heavy atom. The van der Waals surface area contributed by atoms with E-state index in [0.29, 0.717) is 10.0 Å². The maximum atomic E-state index is 6.78. The van der Waals surface area contributed by atoms with Gasteiger partial charge in [-0.25, -0.2) is 0 Å². The predicted octanol–water partition coefficient (Wildman–Crippen LogP) is 31.9. The highest BCUT2D eigenvalue weighted by Crippen LogP contribution is 2.55. The van der Waals surface area contributed by atoms with E-state index in [0.717, 1.165) is 155 Å². The lowest BCUT2D eigenvalue weighted by Gasteiger charge is -2.28. The summed E-state index contributed by atoms with van der Waals surface area (Å²) in [5.41, 5.74) is 31.5. The Balaban J connectivity index is 0.000000137. The van der Waals surface area contributed by atoms with Crippen LogP contribution in [0.1, 0.15) is 74.9 Å². The fourth-order valence-electron chi connectivity index (χ4n) is 19.3. The third-order valence-electron chi connectivity index (χ3n) is 24.9. The molecular weight excluding hydrogens is 1460 g/mol. The molecule has 24 rings (SSSR count). The van der Waals surface area contributed by atoms with Gasteiger partial charge in [0.25, 0.3) is 0 Å². The van der Waals surface area contributed by atoms with Gasteiger partial charge in [0, 0.05) is 139 Å². The van der Waals surface area contributed by atoms with E-state index in [1.54, 1.807) is 0 Å². The lowest BCUT2D eigenvalue weighted by molar-refractivity contribution is 0.660. The van der Waals surface area contributed by atoms with Gasteiger partial charge < -0.3 is 32.8 Å². The second kappa shape index (κ2) is 26.3. The van der Waals surface area contributed by atoms with E-state index in [4.69, 9.17) is 40.9 Å². The van der Waals surface area contributed by atoms with Crippen LogP contribution < -0.4 is 15.1 Å². The van der Waals surface area contributed by atoms with Crippen molar-refractivity contribution >= 4 is 178 Å². The number of nitrogens with one attached hydrogen (secondary N) is 1. The van der Waals surface area contributed by atoms with Crippen LogP contribution in [0.4, 0.5) is 45.5 Å². The van der Waals surface area contributed by atoms with Gasteiger partial charge in [0.2, 0.25) is 0 Å². The van der Waals surface area contributed by atoms with Crippen molar-refractivity contribution < 1.29 is 17.7 Å². The van der Waals surface area contributed by atoms with Crippen LogP contribution in [0.3, 0.4) is 0 Å². The molecule has 0 amide bonds. The minimum Gasteiger partial charge on any atom is -0.456 e. The van der Waals surface area contributed by atoms with Crippen molar-refractivity contribution in [2.45, 2.75) is 57.8 Å². The lowest BCUT2D eigenvalue weighted by Crippen LogP contribution is -2.16. The fraction of sp³-hybridized carbons (Fsp3) is 0.0841. The second-order valence-corrected chi connectivity index (χ2v) is 33.4. The number of fused-ring (bicyclic) bond motifs is 27. The smallest absolute Gasteiger partial charge is 0.137 e. The Morgan fingerprint density at radius 3 is 0.879 bits per heavy atom. The van der Waals surface area contributed by atoms with E-state index >= 15 is 0 Å². The highest BCUT2D eigenvalue weighted by molar-refractivity contribution is 6.34. The van der Waals surface area contributed by atoms with Gasteiger partial charge in [-0.15, -0.1) is 0 Å². The van der Waals surface area contributed by atoms with Crippen molar-refractivity contribution in [3.63, 3.8) is 0 Å². The van der Waals surface area contributed by atoms with Crippen molar-refractivity contribution in [2.24, 2.45) is 0 Å². The Morgan fingerprint density at radius 1 is 0.216 bits per heavy atom. The molecule has 556 valence electrons. The van der Waals surface area contributed by atoms with Gasteiger partial charge in [0.05, 0.1) is 0 Å². The molecule has 3 aliphatic carbocycles. The van der Waals surface area contributed by atoms with Crippen LogP contribution in [0.2, 0.25) is 10.0 Å². The monoisotopic (exact) mass is 1540 g/mol. The maximum Gasteiger partial charge on any atom is 0.137 e. The van der Waals surface area contributed by atoms with Crippen LogP contribution >= 0.6 is 23.2 Å². The molecule has 0 aliphatic heterocycles. The normalized spacial score (nSPS) is 13.7. The number of halogens is 2. The summed E-state index contributed by atoms with van der Waals surface area (Å²) in [5, 5.41) is 18.1. The summed E-state index contributed by atoms with van der Waals surface area (Å²) in [7, 11) is 0. The summed E-state index contributed by atoms with van der Waals surface area (Å²) in [6.45, 7) is 14.0. The quantitative estimate of drug-likeness (QED) is 0.163. The zero-order valence-electron chi connectivity index (χ0n) is 64.6. The Hall–Kier alpha value is -13.6. The number of para-hydroxylation sites is 3. The Kier molecular flexibility index (Phi) is 15.7. The first-order valence-corrected chi connectivity index (χ1v) is 40.4. The third-order valence-corrected chi connectivity index (χ3v) is 25.3. The standard InChI is InChI=1S/C64H46N2O2.C22H10Cl2O2.C21H19N/c1-63(2)53-21-13-11-19-45(53)47-27-23-41(35-55(47)63)65(39-15-7-5-8-16-39)43-25-29-51-59(37-43)67-57-33-31-50-49(61(51)57)32-34-58-62(50)52-30-26-44(38-60(52)68-58)66(40-17-9-6-10-18-40)42-24-28-48-46-20-12-14-22-54(46)64(3,4)56(48)36-42;23-11-1-3-15-19(9-11)25-17-7-6-14-13(21(15)17)5-8-18-22(14)16-4-2-12(24)10-20(16)26-18;1-21(2)19-11-7-6-10-17(19)18-13-12-16(14-20(18)21)22-15-8-4-3-5-9-15/h5-38H,1-4H3;1-10H;3-14,22H,1-2H3. The zero-order valence-corrected chi connectivity index (χ0v) is 66.1. The van der Waals surface area contributed by atoms with E-state index in [1.807, 2.05) is 54.6 Å². The van der Waals surface area contributed by atoms with Gasteiger partial charge in [-0.1, -0.05) is 210 Å². The maximum absolute atomic E-state index is 6.78. The van der Waals surface area contributed by atoms with E-state index in [1.165, 1.54) is 66.8 Å². The summed E-state index contributed by atoms with van der Waals surface area (Å²) in [4.78, 5) is 4.70. The third kappa shape index (κ3) is 10.9. The first-order chi connectivity index (χ1) is 56.6. The second-order valence-electron chi connectivity index (χ2n) is 32.6. The fourth-order valence-corrected chi connectivity index (χ4v) is 19.6. The van der Waals surface area contributed by atoms with Crippen molar-refractivity contribution in [1.29, 1.82) is 0 Å². The summed E-state index contributed by atoms with van der Waals surface area (Å²) in [5.74, 6) is 0. The summed E-state index contributed by atoms with van der Waals surface area (Å²) in [6.07, 6.45) is 0. The predicted molar refractivity (Wildman–Crippen MR) is 485 cm³/mol. The SMILES string of the molecule is CC1(C)c2ccccc2-c2ccc(N(c3ccccc3)c3ccc4c(c3)oc3ccc5c(ccc6oc7cc(N(c8ccccc8)c8ccc9c(c8)C(C)(C)c8ccccc8-9)ccc7c65)c34)cc21.CC1(C)c2ccccc2-c2ccc(Nc3ccccc3)cc21.Clc1ccc2c(c1)oc1ccc3c(ccc4oc5cc(Cl)ccc5c43)c12. The molecule has 0 fully saturated rings. The molecule has 7 nitrogen and oxygen atoms in total. The van der Waals surface area contributed by atoms with E-state index in [2.05, 4.69) is 342 Å². The largest absolute Gasteiger partial charge is 0.456 e. The van der Waals surface area contributed by atoms with E-state index in [-0.39, 0.29) is 16.2 Å². The molecule has 0 saturated heterocycles. The van der Waals surface area contributed by atoms with Crippen LogP contribution in [0.25, 0.3) is 143 Å². The van der Waals surface area contributed by atoms with Gasteiger partial charge in [-0.05, 0) is 258 Å². The molecule has 0 saturated carbocycles. The summed E-state index contributed by atoms with van der Waals surface area (Å²) < 4.78 is 25.6. The van der Waals surface area contributed by atoms with Crippen molar-refractivity contribution in [3.8, 4) is 33.4 Å². The molecule has 0 spiro atoms. The molecule has 9 heteroatoms. The van der Waals surface area contributed by atoms with E-state index < -0.39 is 0 Å². The molecule has 4 heterocycles. The summed E-state index contributed by atoms with van der Waals surface area (Å²) in [6, 6.07) is 120. The lowest BCUT2D eigenvalue weighted by atomic mass is 9.82. The van der Waals surface area contributed by atoms with Crippen molar-refractivity contribution in [3.05, 3.63) is 383 Å². The number of hydrogen-bond donors (Lipinski definition) is 1. The van der Waals surface area contributed by atoms with Crippen LogP contribution in [0.15, 0.2) is 357 Å². The molecule has 17 aromatic carbocycles. The van der Waals surface area contributed by atoms with Crippen LogP contribution in [-0.4, -0.2) is 0 Å². The molecule has 3 aliphatic rings. The number of anilines is 8. The van der Waals surface area contributed by atoms with Gasteiger partial charge >= 0.3 is 0 Å². The first kappa shape index (κ1) is 69.2. The molecule has 1 N–H and O–H groups in total. The van der Waals surface area contributed by atoms with Gasteiger partial charge in [-0.3, -0.25) is 0 Å². The van der Waals surface area contributed by atoms with Crippen molar-refractivity contribution in [2.75, 3.05) is 15.1 Å². The number of rotatable bonds is 8. The average molecular weight is 1540 g/mol. The highest BCUT2D eigenvalue weighted by atomic mass is 35.5. The molecule has 21 aromatic rings. The molecule has 0 bridgehead atoms. The molecule has 0 radical (unpaired) electrons. The van der Waals surface area contributed by atoms with Crippen LogP contribution in [0.5, 0.6) is 0 Å². The molecular formula is C107H75Cl2N3O4. The Bertz CT molecular complexity index is 7260. The number of hydrogen-bond acceptors (Lipinski definition) is 7. The number of nitrogens with zero attached hydrogens (tertiary/aromatic N) is 2. The number of furan rings is 4. The average Bonchev–Trinajstić information content (AvgIpc) is 1.58. The van der Waals surface area contributed by atoms with E-state index in [9.17, 15) is 0 Å². The van der Waals surface area contributed by atoms with Crippen molar-refractivity contribution in [1.82, 2.24) is 0 Å².